The minimum absolute atomic E-state index is 0.175. The molecule has 166 valence electrons. The average Bonchev–Trinajstić information content (AvgIpc) is 2.71. The van der Waals surface area contributed by atoms with Gasteiger partial charge >= 0.3 is 12.1 Å². The third-order valence-electron chi connectivity index (χ3n) is 3.39. The number of hydrogen-bond acceptors (Lipinski definition) is 9. The van der Waals surface area contributed by atoms with E-state index in [1.807, 2.05) is 13.8 Å². The topological polar surface area (TPSA) is 155 Å². The summed E-state index contributed by atoms with van der Waals surface area (Å²) in [5.41, 5.74) is 0. The zero-order valence-corrected chi connectivity index (χ0v) is 18.7. The number of hydrogen-bond donors (Lipinski definition) is 4. The molecule has 0 atom stereocenters. The Morgan fingerprint density at radius 3 is 1.60 bits per heavy atom. The molecular weight excluding hydrogens is 430 g/mol. The van der Waals surface area contributed by atoms with Crippen molar-refractivity contribution in [1.82, 2.24) is 36.7 Å². The van der Waals surface area contributed by atoms with Gasteiger partial charge in [-0.25, -0.2) is 9.59 Å². The molecule has 4 N–H and O–H groups in total. The second kappa shape index (κ2) is 15.4. The van der Waals surface area contributed by atoms with Crippen LogP contribution in [-0.2, 0) is 9.59 Å². The number of nitrogens with zero attached hydrogens (tertiary/aromatic N) is 3. The quantitative estimate of drug-likeness (QED) is 0.268. The lowest BCUT2D eigenvalue weighted by atomic mass is 10.3. The van der Waals surface area contributed by atoms with E-state index in [9.17, 15) is 19.2 Å². The number of aromatic nitrogens is 3. The van der Waals surface area contributed by atoms with Gasteiger partial charge in [-0.05, 0) is 41.6 Å². The summed E-state index contributed by atoms with van der Waals surface area (Å²) < 4.78 is 0. The van der Waals surface area contributed by atoms with Crippen LogP contribution in [0.15, 0.2) is 16.1 Å². The number of rotatable bonds is 12. The van der Waals surface area contributed by atoms with Crippen molar-refractivity contribution in [2.75, 3.05) is 26.2 Å². The Morgan fingerprint density at radius 2 is 1.20 bits per heavy atom. The minimum Gasteiger partial charge on any atom is -0.338 e. The largest absolute Gasteiger partial charge is 0.338 e. The Kier molecular flexibility index (Phi) is 13.2. The summed E-state index contributed by atoms with van der Waals surface area (Å²) in [7, 11) is 0. The van der Waals surface area contributed by atoms with Crippen molar-refractivity contribution >= 4 is 45.8 Å². The highest BCUT2D eigenvalue weighted by molar-refractivity contribution is 8.14. The lowest BCUT2D eigenvalue weighted by molar-refractivity contribution is -0.110. The lowest BCUT2D eigenvalue weighted by Gasteiger charge is -2.06. The molecule has 1 aromatic rings. The summed E-state index contributed by atoms with van der Waals surface area (Å²) in [5, 5.41) is 21.1. The predicted octanol–water partition coefficient (Wildman–Crippen LogP) is 1.31. The molecule has 0 spiro atoms. The first-order valence-electron chi connectivity index (χ1n) is 9.59. The van der Waals surface area contributed by atoms with Gasteiger partial charge in [0, 0.05) is 19.2 Å². The third-order valence-corrected chi connectivity index (χ3v) is 4.95. The SMILES string of the molecule is CCCCNC(=O)NCC(=O)Sc1cc(SC(=O)CNC(=O)NCCCC)nnn1. The van der Waals surface area contributed by atoms with Crippen LogP contribution in [0.1, 0.15) is 39.5 Å². The molecule has 1 aromatic heterocycles. The molecule has 0 aliphatic rings. The molecule has 4 amide bonds. The molecule has 0 fully saturated rings. The Hall–Kier alpha value is -2.41. The molecular formula is C17H27N7O4S2. The molecule has 0 saturated carbocycles. The maximum Gasteiger partial charge on any atom is 0.315 e. The van der Waals surface area contributed by atoms with Crippen LogP contribution in [-0.4, -0.2) is 63.9 Å². The smallest absolute Gasteiger partial charge is 0.315 e. The molecule has 0 bridgehead atoms. The summed E-state index contributed by atoms with van der Waals surface area (Å²) >= 11 is 1.57. The van der Waals surface area contributed by atoms with Gasteiger partial charge in [0.25, 0.3) is 0 Å². The highest BCUT2D eigenvalue weighted by atomic mass is 32.2. The van der Waals surface area contributed by atoms with Crippen LogP contribution >= 0.6 is 23.5 Å². The number of urea groups is 2. The highest BCUT2D eigenvalue weighted by Gasteiger charge is 2.13. The lowest BCUT2D eigenvalue weighted by Crippen LogP contribution is -2.38. The maximum absolute atomic E-state index is 12.0. The van der Waals surface area contributed by atoms with Gasteiger partial charge in [0.1, 0.15) is 10.1 Å². The van der Waals surface area contributed by atoms with E-state index in [0.717, 1.165) is 49.2 Å². The molecule has 0 saturated heterocycles. The fourth-order valence-electron chi connectivity index (χ4n) is 1.87. The third kappa shape index (κ3) is 12.2. The number of unbranched alkanes of at least 4 members (excludes halogenated alkanes) is 2. The molecule has 13 heteroatoms. The van der Waals surface area contributed by atoms with Crippen molar-refractivity contribution < 1.29 is 19.2 Å². The predicted molar refractivity (Wildman–Crippen MR) is 114 cm³/mol. The van der Waals surface area contributed by atoms with Crippen LogP contribution in [0, 0.1) is 0 Å². The molecule has 11 nitrogen and oxygen atoms in total. The minimum atomic E-state index is -0.411. The van der Waals surface area contributed by atoms with Gasteiger partial charge in [-0.1, -0.05) is 26.7 Å². The van der Waals surface area contributed by atoms with E-state index < -0.39 is 12.1 Å². The van der Waals surface area contributed by atoms with Gasteiger partial charge in [0.05, 0.1) is 13.1 Å². The van der Waals surface area contributed by atoms with Crippen LogP contribution in [0.4, 0.5) is 9.59 Å². The summed E-state index contributed by atoms with van der Waals surface area (Å²) in [5.74, 6) is 0. The van der Waals surface area contributed by atoms with Crippen molar-refractivity contribution in [2.24, 2.45) is 0 Å². The number of carbonyl (C=O) groups excluding carboxylic acids is 4. The van der Waals surface area contributed by atoms with Gasteiger partial charge in [-0.15, -0.1) is 10.2 Å². The van der Waals surface area contributed by atoms with Gasteiger partial charge in [-0.2, -0.15) is 0 Å². The first-order valence-corrected chi connectivity index (χ1v) is 11.2. The van der Waals surface area contributed by atoms with E-state index >= 15 is 0 Å². The second-order valence-electron chi connectivity index (χ2n) is 5.98. The molecule has 0 unspecified atom stereocenters. The van der Waals surface area contributed by atoms with Crippen LogP contribution in [0.3, 0.4) is 0 Å². The standard InChI is InChI=1S/C17H27N7O4S2/c1-3-5-7-18-16(27)20-10-14(25)29-12-9-13(23-24-22-12)30-15(26)11-21-17(28)19-8-6-4-2/h9H,3-8,10-11H2,1-2H3,(H2,18,20,27)(H2,19,21,28). The van der Waals surface area contributed by atoms with Crippen LogP contribution < -0.4 is 21.3 Å². The van der Waals surface area contributed by atoms with Crippen molar-refractivity contribution in [3.05, 3.63) is 6.07 Å². The van der Waals surface area contributed by atoms with Crippen LogP contribution in [0.2, 0.25) is 0 Å². The average molecular weight is 458 g/mol. The first kappa shape index (κ1) is 25.6. The number of thioether (sulfide) groups is 2. The molecule has 1 rings (SSSR count). The molecule has 0 aromatic carbocycles. The van der Waals surface area contributed by atoms with Crippen LogP contribution in [0.25, 0.3) is 0 Å². The normalized spacial score (nSPS) is 10.2. The monoisotopic (exact) mass is 457 g/mol. The van der Waals surface area contributed by atoms with Crippen molar-refractivity contribution in [1.29, 1.82) is 0 Å². The Morgan fingerprint density at radius 1 is 0.767 bits per heavy atom. The van der Waals surface area contributed by atoms with Crippen molar-refractivity contribution in [3.63, 3.8) is 0 Å². The Labute approximate surface area is 183 Å². The zero-order chi connectivity index (χ0) is 22.2. The van der Waals surface area contributed by atoms with E-state index in [1.54, 1.807) is 0 Å². The maximum atomic E-state index is 12.0. The van der Waals surface area contributed by atoms with Gasteiger partial charge < -0.3 is 21.3 Å². The summed E-state index contributed by atoms with van der Waals surface area (Å²) in [6.45, 7) is 4.76. The summed E-state index contributed by atoms with van der Waals surface area (Å²) in [6, 6.07) is 0.624. The number of amides is 4. The highest BCUT2D eigenvalue weighted by Crippen LogP contribution is 2.21. The fourth-order valence-corrected chi connectivity index (χ4v) is 3.19. The second-order valence-corrected chi connectivity index (χ2v) is 8.14. The van der Waals surface area contributed by atoms with Crippen molar-refractivity contribution in [3.8, 4) is 0 Å². The Bertz CT molecular complexity index is 666. The molecule has 0 aliphatic carbocycles. The van der Waals surface area contributed by atoms with Crippen LogP contribution in [0.5, 0.6) is 0 Å². The van der Waals surface area contributed by atoms with E-state index in [0.29, 0.717) is 13.1 Å². The Balaban J connectivity index is 2.37. The van der Waals surface area contributed by atoms with Gasteiger partial charge in [0.2, 0.25) is 10.2 Å². The molecule has 1 heterocycles. The first-order chi connectivity index (χ1) is 14.4. The van der Waals surface area contributed by atoms with Gasteiger partial charge in [0.15, 0.2) is 0 Å². The number of nitrogens with one attached hydrogen (secondary N) is 4. The van der Waals surface area contributed by atoms with Gasteiger partial charge in [-0.3, -0.25) is 9.59 Å². The molecule has 0 radical (unpaired) electrons. The zero-order valence-electron chi connectivity index (χ0n) is 17.0. The molecule has 30 heavy (non-hydrogen) atoms. The summed E-state index contributed by atoms with van der Waals surface area (Å²) in [6.07, 6.45) is 3.64. The van der Waals surface area contributed by atoms with E-state index in [4.69, 9.17) is 0 Å². The summed E-state index contributed by atoms with van der Waals surface area (Å²) in [4.78, 5) is 47.0. The van der Waals surface area contributed by atoms with E-state index in [2.05, 4.69) is 36.7 Å². The fraction of sp³-hybridized carbons (Fsp3) is 0.588. The number of carbonyl (C=O) groups is 4. The van der Waals surface area contributed by atoms with Crippen molar-refractivity contribution in [2.45, 2.75) is 49.6 Å². The molecule has 0 aliphatic heterocycles. The van der Waals surface area contributed by atoms with E-state index in [-0.39, 0.29) is 33.4 Å². The van der Waals surface area contributed by atoms with E-state index in [1.165, 1.54) is 6.07 Å².